The lowest BCUT2D eigenvalue weighted by molar-refractivity contribution is -0.0197. The highest BCUT2D eigenvalue weighted by atomic mass is 28.6. The summed E-state index contributed by atoms with van der Waals surface area (Å²) in [6.45, 7) is 0. The predicted octanol–water partition coefficient (Wildman–Crippen LogP) is -7.80. The quantitative estimate of drug-likeness (QED) is 0.187. The molecule has 20 heteroatoms. The van der Waals surface area contributed by atoms with Crippen LogP contribution in [-0.4, -0.2) is 95.5 Å². The molecule has 0 amide bonds. The van der Waals surface area contributed by atoms with Gasteiger partial charge in [0.15, 0.2) is 0 Å². The average Bonchev–Trinajstić information content (AvgIpc) is 2.20. The van der Waals surface area contributed by atoms with E-state index < -0.39 is 57.1 Å². The highest BCUT2D eigenvalue weighted by molar-refractivity contribution is 6.85. The van der Waals surface area contributed by atoms with E-state index in [0.717, 1.165) is 0 Å². The summed E-state index contributed by atoms with van der Waals surface area (Å²) in [6.07, 6.45) is -1.33. The van der Waals surface area contributed by atoms with Crippen molar-refractivity contribution < 1.29 is 58.9 Å². The van der Waals surface area contributed by atoms with Gasteiger partial charge in [0.2, 0.25) is 0 Å². The molecule has 22 heavy (non-hydrogen) atoms. The summed E-state index contributed by atoms with van der Waals surface area (Å²) in [4.78, 5) is 75.6. The first-order chi connectivity index (χ1) is 9.66. The van der Waals surface area contributed by atoms with Gasteiger partial charge in [-0.25, -0.2) is 0 Å². The van der Waals surface area contributed by atoms with Gasteiger partial charge in [0.05, 0.1) is 0 Å². The third-order valence-corrected chi connectivity index (χ3v) is 14.8. The first-order valence-electron chi connectivity index (χ1n) is 5.35. The maximum atomic E-state index is 9.56. The lowest BCUT2D eigenvalue weighted by Crippen LogP contribution is -2.74. The molecular weight excluding hydrogens is 400 g/mol. The van der Waals surface area contributed by atoms with Crippen LogP contribution in [0, 0.1) is 0 Å². The highest BCUT2D eigenvalue weighted by Crippen LogP contribution is 2.22. The molecule has 0 saturated carbocycles. The molecule has 0 aliphatic carbocycles. The van der Waals surface area contributed by atoms with Crippen LogP contribution >= 0.6 is 0 Å². The molecular formula is C2H16N2O13Si5. The normalized spacial score (nSPS) is 29.7. The van der Waals surface area contributed by atoms with Crippen molar-refractivity contribution in [2.45, 2.75) is 0 Å². The Kier molecular flexibility index (Phi) is 5.99. The van der Waals surface area contributed by atoms with Gasteiger partial charge in [0.25, 0.3) is 0 Å². The predicted molar refractivity (Wildman–Crippen MR) is 70.1 cm³/mol. The number of hydrogen-bond donors (Lipinski definition) is 10. The fourth-order valence-electron chi connectivity index (χ4n) is 1.36. The zero-order valence-corrected chi connectivity index (χ0v) is 15.7. The van der Waals surface area contributed by atoms with Crippen LogP contribution in [0.4, 0.5) is 0 Å². The van der Waals surface area contributed by atoms with E-state index in [9.17, 15) is 38.4 Å². The third kappa shape index (κ3) is 5.84. The Hall–Kier alpha value is 0.484. The molecule has 0 unspecified atom stereocenters. The molecule has 0 aromatic rings. The second-order valence-electron chi connectivity index (χ2n) is 4.02. The van der Waals surface area contributed by atoms with E-state index >= 15 is 0 Å². The third-order valence-electron chi connectivity index (χ3n) is 2.06. The molecule has 15 nitrogen and oxygen atoms in total. The Labute approximate surface area is 128 Å². The summed E-state index contributed by atoms with van der Waals surface area (Å²) in [7, 11) is -26.2. The lowest BCUT2D eigenvalue weighted by Gasteiger charge is -2.38. The van der Waals surface area contributed by atoms with E-state index in [1.807, 2.05) is 0 Å². The van der Waals surface area contributed by atoms with E-state index in [1.165, 1.54) is 0 Å². The van der Waals surface area contributed by atoms with Crippen molar-refractivity contribution in [2.75, 3.05) is 12.3 Å². The van der Waals surface area contributed by atoms with Crippen molar-refractivity contribution in [3.05, 3.63) is 0 Å². The summed E-state index contributed by atoms with van der Waals surface area (Å²) in [6, 6.07) is 0. The molecule has 0 radical (unpaired) electrons. The fourth-order valence-corrected chi connectivity index (χ4v) is 13.6. The first kappa shape index (κ1) is 20.5. The van der Waals surface area contributed by atoms with Gasteiger partial charge < -0.3 is 70.4 Å². The van der Waals surface area contributed by atoms with Crippen molar-refractivity contribution in [3.8, 4) is 0 Å². The minimum Gasteiger partial charge on any atom is -0.369 e. The average molecular weight is 417 g/mol. The fraction of sp³-hybridized carbons (Fsp3) is 1.00. The molecule has 132 valence electrons. The van der Waals surface area contributed by atoms with E-state index in [2.05, 4.69) is 20.6 Å². The first-order valence-corrected chi connectivity index (χ1v) is 14.4. The van der Waals surface area contributed by atoms with Gasteiger partial charge in [-0.05, 0) is 0 Å². The van der Waals surface area contributed by atoms with Crippen LogP contribution in [0.1, 0.15) is 0 Å². The summed E-state index contributed by atoms with van der Waals surface area (Å²) in [5.74, 6) is 0. The molecule has 1 saturated heterocycles. The Morgan fingerprint density at radius 1 is 0.500 bits per heavy atom. The minimum absolute atomic E-state index is 0.667. The van der Waals surface area contributed by atoms with Crippen molar-refractivity contribution in [1.82, 2.24) is 0 Å². The van der Waals surface area contributed by atoms with E-state index in [-0.39, 0.29) is 0 Å². The van der Waals surface area contributed by atoms with Crippen LogP contribution in [0.25, 0.3) is 0 Å². The minimum atomic E-state index is -5.59. The molecule has 1 fully saturated rings. The topological polar surface area (TPSA) is 260 Å². The molecule has 0 spiro atoms. The maximum Gasteiger partial charge on any atom is 0.662 e. The van der Waals surface area contributed by atoms with Crippen LogP contribution in [0.2, 0.25) is 0 Å². The Morgan fingerprint density at radius 3 is 0.955 bits per heavy atom. The molecule has 0 bridgehead atoms. The molecule has 0 aromatic carbocycles. The summed E-state index contributed by atoms with van der Waals surface area (Å²) in [5.41, 5.74) is 10.6. The molecule has 1 aliphatic rings. The summed E-state index contributed by atoms with van der Waals surface area (Å²) >= 11 is 0. The smallest absolute Gasteiger partial charge is 0.369 e. The number of rotatable bonds is 2. The standard InChI is InChI=1S/C2H16N2O13Si5/c3-1-18(2-4)13-19(5,6)15-21(9,10)17-22(11,12)16-20(7,8)14-18/h5-12H,1-4H2. The van der Waals surface area contributed by atoms with Crippen LogP contribution in [-0.2, 0) is 20.6 Å². The van der Waals surface area contributed by atoms with Gasteiger partial charge in [0.1, 0.15) is 0 Å². The van der Waals surface area contributed by atoms with Gasteiger partial charge in [-0.2, -0.15) is 0 Å². The Balaban J connectivity index is 3.27. The van der Waals surface area contributed by atoms with Crippen LogP contribution in [0.3, 0.4) is 0 Å². The van der Waals surface area contributed by atoms with Crippen molar-refractivity contribution in [1.29, 1.82) is 0 Å². The molecule has 1 rings (SSSR count). The maximum absolute atomic E-state index is 9.56. The zero-order valence-electron chi connectivity index (χ0n) is 10.7. The Morgan fingerprint density at radius 2 is 0.727 bits per heavy atom. The van der Waals surface area contributed by atoms with Crippen LogP contribution in [0.5, 0.6) is 0 Å². The second kappa shape index (κ2) is 6.42. The molecule has 0 aromatic heterocycles. The molecule has 12 N–H and O–H groups in total. The van der Waals surface area contributed by atoms with Crippen molar-refractivity contribution in [2.24, 2.45) is 11.5 Å². The van der Waals surface area contributed by atoms with Gasteiger partial charge in [-0.1, -0.05) is 0 Å². The van der Waals surface area contributed by atoms with Gasteiger partial charge in [-0.15, -0.1) is 0 Å². The van der Waals surface area contributed by atoms with Gasteiger partial charge in [-0.3, -0.25) is 0 Å². The summed E-state index contributed by atoms with van der Waals surface area (Å²) in [5, 5.41) is 0. The largest absolute Gasteiger partial charge is 0.662 e. The van der Waals surface area contributed by atoms with Gasteiger partial charge >= 0.3 is 44.8 Å². The van der Waals surface area contributed by atoms with Gasteiger partial charge in [0, 0.05) is 12.3 Å². The SMILES string of the molecule is NC[Si]1(CN)O[Si](O)(O)O[Si](O)(O)O[Si](O)(O)O[Si](O)(O)O1. The molecule has 1 aliphatic heterocycles. The van der Waals surface area contributed by atoms with Crippen molar-refractivity contribution >= 4 is 44.8 Å². The molecule has 1 heterocycles. The van der Waals surface area contributed by atoms with E-state index in [0.29, 0.717) is 0 Å². The highest BCUT2D eigenvalue weighted by Gasteiger charge is 2.66. The zero-order chi connectivity index (χ0) is 17.4. The summed E-state index contributed by atoms with van der Waals surface area (Å²) < 4.78 is 21.3. The molecule has 0 atom stereocenters. The monoisotopic (exact) mass is 416 g/mol. The van der Waals surface area contributed by atoms with E-state index in [1.54, 1.807) is 0 Å². The second-order valence-corrected chi connectivity index (χ2v) is 15.1. The number of nitrogens with two attached hydrogens (primary N) is 2. The Bertz CT molecular complexity index is 366. The van der Waals surface area contributed by atoms with E-state index in [4.69, 9.17) is 11.5 Å². The number of hydrogen-bond acceptors (Lipinski definition) is 15. The van der Waals surface area contributed by atoms with Crippen molar-refractivity contribution in [3.63, 3.8) is 0 Å². The lowest BCUT2D eigenvalue weighted by atomic mass is 11.5. The van der Waals surface area contributed by atoms with Crippen LogP contribution < -0.4 is 11.5 Å². The van der Waals surface area contributed by atoms with Crippen LogP contribution in [0.15, 0.2) is 0 Å².